The molecule has 0 unspecified atom stereocenters. The minimum absolute atomic E-state index is 0.226. The van der Waals surface area contributed by atoms with Crippen LogP contribution in [-0.2, 0) is 6.54 Å². The Hall–Kier alpha value is -0.740. The summed E-state index contributed by atoms with van der Waals surface area (Å²) in [4.78, 5) is 17.1. The van der Waals surface area contributed by atoms with Crippen molar-refractivity contribution in [3.63, 3.8) is 0 Å². The van der Waals surface area contributed by atoms with Gasteiger partial charge in [0.2, 0.25) is 0 Å². The average Bonchev–Trinajstić information content (AvgIpc) is 2.43. The average molecular weight is 210 g/mol. The van der Waals surface area contributed by atoms with Crippen LogP contribution >= 0.6 is 11.3 Å². The fourth-order valence-electron chi connectivity index (χ4n) is 1.57. The summed E-state index contributed by atoms with van der Waals surface area (Å²) in [6.45, 7) is 2.40. The molecule has 0 spiro atoms. The molecule has 0 radical (unpaired) electrons. The Morgan fingerprint density at radius 1 is 1.64 bits per heavy atom. The van der Waals surface area contributed by atoms with E-state index < -0.39 is 0 Å². The molecule has 2 N–H and O–H groups in total. The number of carbonyl (C=O) groups is 1. The number of thiazole rings is 1. The number of hydrogen-bond acceptors (Lipinski definition) is 4. The van der Waals surface area contributed by atoms with Gasteiger partial charge in [0.15, 0.2) is 10.8 Å². The first-order valence-electron chi connectivity index (χ1n) is 4.93. The van der Waals surface area contributed by atoms with Crippen molar-refractivity contribution in [3.05, 3.63) is 15.6 Å². The van der Waals surface area contributed by atoms with Crippen molar-refractivity contribution in [1.82, 2.24) is 4.98 Å². The highest BCUT2D eigenvalue weighted by atomic mass is 32.1. The minimum atomic E-state index is 0.226. The Balaban J connectivity index is 2.18. The molecule has 0 aliphatic heterocycles. The van der Waals surface area contributed by atoms with Crippen LogP contribution in [0, 0.1) is 12.8 Å². The van der Waals surface area contributed by atoms with Crippen molar-refractivity contribution in [2.45, 2.75) is 32.7 Å². The number of Topliss-reactive ketones (excluding diaryl/α,β-unsaturated/α-hetero) is 1. The summed E-state index contributed by atoms with van der Waals surface area (Å²) in [5.41, 5.74) is 6.46. The molecular weight excluding hydrogens is 196 g/mol. The first kappa shape index (κ1) is 9.80. The molecule has 14 heavy (non-hydrogen) atoms. The number of nitrogens with two attached hydrogens (primary N) is 1. The van der Waals surface area contributed by atoms with Crippen molar-refractivity contribution in [2.75, 3.05) is 0 Å². The lowest BCUT2D eigenvalue weighted by molar-refractivity contribution is 0.0854. The number of nitrogens with zero attached hydrogens (tertiary/aromatic N) is 1. The first-order chi connectivity index (χ1) is 6.72. The molecular formula is C10H14N2OS. The smallest absolute Gasteiger partial charge is 0.194 e. The largest absolute Gasteiger partial charge is 0.326 e. The van der Waals surface area contributed by atoms with E-state index in [2.05, 4.69) is 4.98 Å². The van der Waals surface area contributed by atoms with Crippen LogP contribution in [0.15, 0.2) is 0 Å². The van der Waals surface area contributed by atoms with Crippen LogP contribution in [0.25, 0.3) is 0 Å². The SMILES string of the molecule is Cc1nc(C(=O)C2CCC2)sc1CN. The molecule has 4 heteroatoms. The molecule has 1 heterocycles. The predicted octanol–water partition coefficient (Wildman–Crippen LogP) is 1.89. The van der Waals surface area contributed by atoms with E-state index in [0.29, 0.717) is 11.6 Å². The normalized spacial score (nSPS) is 16.7. The molecule has 76 valence electrons. The second-order valence-electron chi connectivity index (χ2n) is 3.72. The van der Waals surface area contributed by atoms with Crippen molar-refractivity contribution in [2.24, 2.45) is 11.7 Å². The van der Waals surface area contributed by atoms with Gasteiger partial charge in [0.25, 0.3) is 0 Å². The standard InChI is InChI=1S/C10H14N2OS/c1-6-8(5-11)14-10(12-6)9(13)7-3-2-4-7/h7H,2-5,11H2,1H3. The summed E-state index contributed by atoms with van der Waals surface area (Å²) >= 11 is 1.46. The van der Waals surface area contributed by atoms with Gasteiger partial charge in [0, 0.05) is 17.3 Å². The zero-order valence-corrected chi connectivity index (χ0v) is 9.06. The molecule has 1 saturated carbocycles. The van der Waals surface area contributed by atoms with Gasteiger partial charge in [-0.2, -0.15) is 0 Å². The Morgan fingerprint density at radius 3 is 2.79 bits per heavy atom. The lowest BCUT2D eigenvalue weighted by Gasteiger charge is -2.22. The van der Waals surface area contributed by atoms with Gasteiger partial charge in [-0.25, -0.2) is 4.98 Å². The van der Waals surface area contributed by atoms with Crippen molar-refractivity contribution >= 4 is 17.1 Å². The third-order valence-electron chi connectivity index (χ3n) is 2.76. The number of ketones is 1. The Bertz CT molecular complexity index is 355. The third-order valence-corrected chi connectivity index (χ3v) is 3.96. The highest BCUT2D eigenvalue weighted by molar-refractivity contribution is 7.13. The highest BCUT2D eigenvalue weighted by Crippen LogP contribution is 2.31. The van der Waals surface area contributed by atoms with Gasteiger partial charge in [0.05, 0.1) is 5.69 Å². The van der Waals surface area contributed by atoms with E-state index >= 15 is 0 Å². The summed E-state index contributed by atoms with van der Waals surface area (Å²) in [6.07, 6.45) is 3.26. The van der Waals surface area contributed by atoms with E-state index in [-0.39, 0.29) is 11.7 Å². The Morgan fingerprint density at radius 2 is 2.36 bits per heavy atom. The molecule has 1 aromatic rings. The molecule has 0 amide bonds. The van der Waals surface area contributed by atoms with Crippen LogP contribution in [0.2, 0.25) is 0 Å². The van der Waals surface area contributed by atoms with Gasteiger partial charge in [-0.05, 0) is 19.8 Å². The molecule has 3 nitrogen and oxygen atoms in total. The maximum absolute atomic E-state index is 11.8. The van der Waals surface area contributed by atoms with Crippen LogP contribution in [0.4, 0.5) is 0 Å². The highest BCUT2D eigenvalue weighted by Gasteiger charge is 2.28. The van der Waals surface area contributed by atoms with Crippen LogP contribution in [0.5, 0.6) is 0 Å². The maximum atomic E-state index is 11.8. The van der Waals surface area contributed by atoms with Gasteiger partial charge in [-0.15, -0.1) is 11.3 Å². The summed E-state index contributed by atoms with van der Waals surface area (Å²) in [5.74, 6) is 0.468. The molecule has 0 saturated heterocycles. The number of rotatable bonds is 3. The summed E-state index contributed by atoms with van der Waals surface area (Å²) in [6, 6.07) is 0. The van der Waals surface area contributed by atoms with Crippen LogP contribution in [0.3, 0.4) is 0 Å². The third kappa shape index (κ3) is 1.60. The second kappa shape index (κ2) is 3.79. The molecule has 1 fully saturated rings. The molecule has 1 aliphatic carbocycles. The van der Waals surface area contributed by atoms with E-state index in [1.165, 1.54) is 17.8 Å². The van der Waals surface area contributed by atoms with Crippen LogP contribution < -0.4 is 5.73 Å². The topological polar surface area (TPSA) is 56.0 Å². The van der Waals surface area contributed by atoms with Gasteiger partial charge < -0.3 is 5.73 Å². The van der Waals surface area contributed by atoms with E-state index in [9.17, 15) is 4.79 Å². The second-order valence-corrected chi connectivity index (χ2v) is 4.81. The van der Waals surface area contributed by atoms with E-state index in [1.807, 2.05) is 6.92 Å². The summed E-state index contributed by atoms with van der Waals surface area (Å²) < 4.78 is 0. The number of aromatic nitrogens is 1. The molecule has 1 aromatic heterocycles. The van der Waals surface area contributed by atoms with Crippen molar-refractivity contribution < 1.29 is 4.79 Å². The first-order valence-corrected chi connectivity index (χ1v) is 5.74. The van der Waals surface area contributed by atoms with E-state index in [1.54, 1.807) is 0 Å². The fourth-order valence-corrected chi connectivity index (χ4v) is 2.53. The molecule has 0 bridgehead atoms. The molecule has 0 aromatic carbocycles. The number of aryl methyl sites for hydroxylation is 1. The van der Waals surface area contributed by atoms with E-state index in [0.717, 1.165) is 23.4 Å². The number of hydrogen-bond donors (Lipinski definition) is 1. The van der Waals surface area contributed by atoms with Gasteiger partial charge in [-0.3, -0.25) is 4.79 Å². The fraction of sp³-hybridized carbons (Fsp3) is 0.600. The molecule has 2 rings (SSSR count). The minimum Gasteiger partial charge on any atom is -0.326 e. The van der Waals surface area contributed by atoms with Gasteiger partial charge in [-0.1, -0.05) is 6.42 Å². The quantitative estimate of drug-likeness (QED) is 0.775. The van der Waals surface area contributed by atoms with Gasteiger partial charge in [0.1, 0.15) is 0 Å². The van der Waals surface area contributed by atoms with Crippen molar-refractivity contribution in [1.29, 1.82) is 0 Å². The zero-order valence-electron chi connectivity index (χ0n) is 8.25. The van der Waals surface area contributed by atoms with Crippen molar-refractivity contribution in [3.8, 4) is 0 Å². The lowest BCUT2D eigenvalue weighted by Crippen LogP contribution is -2.21. The van der Waals surface area contributed by atoms with Gasteiger partial charge >= 0.3 is 0 Å². The molecule has 1 aliphatic rings. The van der Waals surface area contributed by atoms with E-state index in [4.69, 9.17) is 5.73 Å². The lowest BCUT2D eigenvalue weighted by atomic mass is 9.82. The predicted molar refractivity (Wildman–Crippen MR) is 56.4 cm³/mol. The molecule has 0 atom stereocenters. The Kier molecular flexibility index (Phi) is 2.65. The summed E-state index contributed by atoms with van der Waals surface area (Å²) in [5, 5.41) is 0.660. The van der Waals surface area contributed by atoms with Crippen LogP contribution in [0.1, 0.15) is 39.6 Å². The maximum Gasteiger partial charge on any atom is 0.194 e. The number of carbonyl (C=O) groups excluding carboxylic acids is 1. The van der Waals surface area contributed by atoms with Crippen LogP contribution in [-0.4, -0.2) is 10.8 Å². The Labute approximate surface area is 87.3 Å². The summed E-state index contributed by atoms with van der Waals surface area (Å²) in [7, 11) is 0. The monoisotopic (exact) mass is 210 g/mol. The zero-order chi connectivity index (χ0) is 10.1.